The van der Waals surface area contributed by atoms with Crippen molar-refractivity contribution >= 4 is 5.82 Å². The van der Waals surface area contributed by atoms with E-state index in [-0.39, 0.29) is 5.82 Å². The summed E-state index contributed by atoms with van der Waals surface area (Å²) in [4.78, 5) is 0. The molecular formula is C13H14FN3. The molecule has 1 aromatic heterocycles. The van der Waals surface area contributed by atoms with Crippen LogP contribution in [0.1, 0.15) is 18.4 Å². The number of anilines is 1. The quantitative estimate of drug-likeness (QED) is 0.852. The molecule has 1 fully saturated rings. The maximum Gasteiger partial charge on any atom is 0.148 e. The van der Waals surface area contributed by atoms with Crippen LogP contribution in [0.25, 0.3) is 11.3 Å². The molecule has 3 rings (SSSR count). The van der Waals surface area contributed by atoms with Crippen molar-refractivity contribution in [1.82, 2.24) is 10.2 Å². The molecule has 0 unspecified atom stereocenters. The van der Waals surface area contributed by atoms with Crippen LogP contribution >= 0.6 is 0 Å². The second-order valence-electron chi connectivity index (χ2n) is 4.55. The van der Waals surface area contributed by atoms with Gasteiger partial charge in [0.1, 0.15) is 11.6 Å². The van der Waals surface area contributed by atoms with Gasteiger partial charge in [0, 0.05) is 17.7 Å². The summed E-state index contributed by atoms with van der Waals surface area (Å²) in [5.41, 5.74) is 2.52. The van der Waals surface area contributed by atoms with E-state index in [0.717, 1.165) is 17.1 Å². The number of hydrogen-bond acceptors (Lipinski definition) is 2. The van der Waals surface area contributed by atoms with Crippen LogP contribution in [0, 0.1) is 12.7 Å². The second kappa shape index (κ2) is 3.87. The molecule has 0 atom stereocenters. The highest BCUT2D eigenvalue weighted by Gasteiger charge is 2.21. The molecule has 0 saturated heterocycles. The van der Waals surface area contributed by atoms with Crippen LogP contribution in [-0.2, 0) is 0 Å². The Morgan fingerprint density at radius 2 is 2.18 bits per heavy atom. The zero-order valence-corrected chi connectivity index (χ0v) is 9.63. The first kappa shape index (κ1) is 10.3. The number of halogens is 1. The van der Waals surface area contributed by atoms with Gasteiger partial charge in [0.2, 0.25) is 0 Å². The van der Waals surface area contributed by atoms with Crippen molar-refractivity contribution in [2.24, 2.45) is 0 Å². The van der Waals surface area contributed by atoms with Crippen LogP contribution in [0.2, 0.25) is 0 Å². The summed E-state index contributed by atoms with van der Waals surface area (Å²) < 4.78 is 13.2. The number of nitrogens with one attached hydrogen (secondary N) is 2. The molecule has 0 bridgehead atoms. The topological polar surface area (TPSA) is 40.7 Å². The van der Waals surface area contributed by atoms with E-state index >= 15 is 0 Å². The summed E-state index contributed by atoms with van der Waals surface area (Å²) in [5.74, 6) is 0.689. The number of rotatable bonds is 3. The Morgan fingerprint density at radius 1 is 1.35 bits per heavy atom. The molecule has 4 heteroatoms. The Bertz CT molecular complexity index is 543. The van der Waals surface area contributed by atoms with Crippen molar-refractivity contribution < 1.29 is 4.39 Å². The van der Waals surface area contributed by atoms with Crippen molar-refractivity contribution in [1.29, 1.82) is 0 Å². The predicted octanol–water partition coefficient (Wildman–Crippen LogP) is 3.10. The highest BCUT2D eigenvalue weighted by molar-refractivity contribution is 5.63. The Morgan fingerprint density at radius 3 is 2.88 bits per heavy atom. The van der Waals surface area contributed by atoms with Crippen LogP contribution in [-0.4, -0.2) is 16.2 Å². The maximum absolute atomic E-state index is 13.2. The Kier molecular flexibility index (Phi) is 2.35. The Hall–Kier alpha value is -1.84. The first-order valence-electron chi connectivity index (χ1n) is 5.81. The molecule has 2 aromatic rings. The van der Waals surface area contributed by atoms with Gasteiger partial charge in [-0.05, 0) is 43.5 Å². The number of hydrogen-bond donors (Lipinski definition) is 2. The summed E-state index contributed by atoms with van der Waals surface area (Å²) in [6.07, 6.45) is 2.44. The lowest BCUT2D eigenvalue weighted by Gasteiger charge is -2.00. The van der Waals surface area contributed by atoms with Crippen molar-refractivity contribution in [2.45, 2.75) is 25.8 Å². The number of H-pyrrole nitrogens is 1. The summed E-state index contributed by atoms with van der Waals surface area (Å²) in [6.45, 7) is 1.76. The molecule has 1 aliphatic rings. The van der Waals surface area contributed by atoms with Gasteiger partial charge in [0.25, 0.3) is 0 Å². The van der Waals surface area contributed by atoms with Crippen molar-refractivity contribution in [3.8, 4) is 11.3 Å². The van der Waals surface area contributed by atoms with Gasteiger partial charge < -0.3 is 5.32 Å². The standard InChI is InChI=1S/C13H14FN3/c1-8-6-9(2-5-11(8)14)12-7-13(17-16-12)15-10-3-4-10/h2,5-7,10H,3-4H2,1H3,(H2,15,16,17). The van der Waals surface area contributed by atoms with E-state index in [0.29, 0.717) is 11.6 Å². The molecular weight excluding hydrogens is 217 g/mol. The normalized spacial score (nSPS) is 14.9. The van der Waals surface area contributed by atoms with E-state index < -0.39 is 0 Å². The minimum absolute atomic E-state index is 0.176. The van der Waals surface area contributed by atoms with E-state index in [4.69, 9.17) is 0 Å². The average Bonchev–Trinajstić information content (AvgIpc) is 2.99. The minimum atomic E-state index is -0.176. The molecule has 3 nitrogen and oxygen atoms in total. The minimum Gasteiger partial charge on any atom is -0.366 e. The highest BCUT2D eigenvalue weighted by atomic mass is 19.1. The molecule has 0 aliphatic heterocycles. The van der Waals surface area contributed by atoms with Crippen LogP contribution < -0.4 is 5.32 Å². The van der Waals surface area contributed by atoms with Crippen LogP contribution in [0.3, 0.4) is 0 Å². The lowest BCUT2D eigenvalue weighted by atomic mass is 10.1. The molecule has 17 heavy (non-hydrogen) atoms. The monoisotopic (exact) mass is 231 g/mol. The first-order valence-corrected chi connectivity index (χ1v) is 5.81. The van der Waals surface area contributed by atoms with Gasteiger partial charge in [-0.2, -0.15) is 5.10 Å². The van der Waals surface area contributed by atoms with E-state index in [1.165, 1.54) is 18.9 Å². The van der Waals surface area contributed by atoms with Crippen molar-refractivity contribution in [3.05, 3.63) is 35.6 Å². The smallest absolute Gasteiger partial charge is 0.148 e. The molecule has 1 saturated carbocycles. The van der Waals surface area contributed by atoms with Gasteiger partial charge >= 0.3 is 0 Å². The fourth-order valence-electron chi connectivity index (χ4n) is 1.79. The molecule has 1 heterocycles. The number of nitrogens with zero attached hydrogens (tertiary/aromatic N) is 1. The van der Waals surface area contributed by atoms with E-state index in [1.807, 2.05) is 12.1 Å². The first-order chi connectivity index (χ1) is 8.22. The van der Waals surface area contributed by atoms with Crippen LogP contribution in [0.5, 0.6) is 0 Å². The van der Waals surface area contributed by atoms with Gasteiger partial charge in [0.05, 0.1) is 5.69 Å². The van der Waals surface area contributed by atoms with Crippen molar-refractivity contribution in [3.63, 3.8) is 0 Å². The van der Waals surface area contributed by atoms with Gasteiger partial charge in [-0.25, -0.2) is 4.39 Å². The Balaban J connectivity index is 1.86. The highest BCUT2D eigenvalue weighted by Crippen LogP contribution is 2.26. The summed E-state index contributed by atoms with van der Waals surface area (Å²) in [5, 5.41) is 10.5. The molecule has 88 valence electrons. The molecule has 1 aromatic carbocycles. The number of aromatic amines is 1. The van der Waals surface area contributed by atoms with Crippen LogP contribution in [0.4, 0.5) is 10.2 Å². The summed E-state index contributed by atoms with van der Waals surface area (Å²) in [7, 11) is 0. The van der Waals surface area contributed by atoms with E-state index in [1.54, 1.807) is 13.0 Å². The summed E-state index contributed by atoms with van der Waals surface area (Å²) >= 11 is 0. The maximum atomic E-state index is 13.2. The van der Waals surface area contributed by atoms with Crippen molar-refractivity contribution in [2.75, 3.05) is 5.32 Å². The van der Waals surface area contributed by atoms with E-state index in [9.17, 15) is 4.39 Å². The zero-order chi connectivity index (χ0) is 11.8. The second-order valence-corrected chi connectivity index (χ2v) is 4.55. The molecule has 0 spiro atoms. The third-order valence-electron chi connectivity index (χ3n) is 2.98. The third kappa shape index (κ3) is 2.16. The number of aromatic nitrogens is 2. The largest absolute Gasteiger partial charge is 0.366 e. The molecule has 1 aliphatic carbocycles. The Labute approximate surface area is 99.1 Å². The molecule has 0 radical (unpaired) electrons. The lowest BCUT2D eigenvalue weighted by Crippen LogP contribution is -2.00. The van der Waals surface area contributed by atoms with Gasteiger partial charge in [-0.15, -0.1) is 0 Å². The number of benzene rings is 1. The van der Waals surface area contributed by atoms with Gasteiger partial charge in [-0.3, -0.25) is 5.10 Å². The van der Waals surface area contributed by atoms with Gasteiger partial charge in [0.15, 0.2) is 0 Å². The summed E-state index contributed by atoms with van der Waals surface area (Å²) in [6, 6.07) is 7.62. The third-order valence-corrected chi connectivity index (χ3v) is 2.98. The predicted molar refractivity (Wildman–Crippen MR) is 65.4 cm³/mol. The van der Waals surface area contributed by atoms with Crippen LogP contribution in [0.15, 0.2) is 24.3 Å². The fourth-order valence-corrected chi connectivity index (χ4v) is 1.79. The van der Waals surface area contributed by atoms with E-state index in [2.05, 4.69) is 15.5 Å². The zero-order valence-electron chi connectivity index (χ0n) is 9.63. The SMILES string of the molecule is Cc1cc(-c2cc(NC3CC3)n[nH]2)ccc1F. The molecule has 0 amide bonds. The molecule has 2 N–H and O–H groups in total. The average molecular weight is 231 g/mol. The van der Waals surface area contributed by atoms with Gasteiger partial charge in [-0.1, -0.05) is 0 Å². The lowest BCUT2D eigenvalue weighted by molar-refractivity contribution is 0.619. The fraction of sp³-hybridized carbons (Fsp3) is 0.308. The number of aryl methyl sites for hydroxylation is 1.